The number of oxazole rings is 1. The molecule has 0 spiro atoms. The average Bonchev–Trinajstić information content (AvgIpc) is 2.83. The van der Waals surface area contributed by atoms with Crippen LogP contribution in [0.1, 0.15) is 16.3 Å². The van der Waals surface area contributed by atoms with Crippen LogP contribution in [0.3, 0.4) is 0 Å². The summed E-state index contributed by atoms with van der Waals surface area (Å²) in [6.07, 6.45) is 0.644. The van der Waals surface area contributed by atoms with Crippen molar-refractivity contribution in [2.24, 2.45) is 0 Å². The van der Waals surface area contributed by atoms with E-state index in [0.29, 0.717) is 12.3 Å². The molecule has 2 nitrogen and oxygen atoms in total. The van der Waals surface area contributed by atoms with Crippen molar-refractivity contribution in [1.29, 1.82) is 0 Å². The SMILES string of the molecule is Clc1ccc(Br)cc1C(Br)Cc1nc2ccccc2o1. The van der Waals surface area contributed by atoms with Gasteiger partial charge in [-0.2, -0.15) is 0 Å². The summed E-state index contributed by atoms with van der Waals surface area (Å²) < 4.78 is 6.73. The molecule has 1 atom stereocenters. The minimum Gasteiger partial charge on any atom is -0.441 e. The highest BCUT2D eigenvalue weighted by Crippen LogP contribution is 2.34. The van der Waals surface area contributed by atoms with Crippen LogP contribution < -0.4 is 0 Å². The van der Waals surface area contributed by atoms with Crippen LogP contribution in [0.25, 0.3) is 11.1 Å². The van der Waals surface area contributed by atoms with Crippen LogP contribution in [0.15, 0.2) is 51.4 Å². The van der Waals surface area contributed by atoms with Crippen LogP contribution in [0.4, 0.5) is 0 Å². The van der Waals surface area contributed by atoms with Gasteiger partial charge in [0.05, 0.1) is 0 Å². The lowest BCUT2D eigenvalue weighted by molar-refractivity contribution is 0.527. The monoisotopic (exact) mass is 413 g/mol. The molecule has 0 N–H and O–H groups in total. The number of benzene rings is 2. The molecule has 1 unspecified atom stereocenters. The number of para-hydroxylation sites is 2. The number of hydrogen-bond acceptors (Lipinski definition) is 2. The number of hydrogen-bond donors (Lipinski definition) is 0. The standard InChI is InChI=1S/C15H10Br2ClNO/c16-9-5-6-12(18)10(7-9)11(17)8-15-19-13-3-1-2-4-14(13)20-15/h1-7,11H,8H2. The maximum atomic E-state index is 6.23. The van der Waals surface area contributed by atoms with Gasteiger partial charge in [0.2, 0.25) is 0 Å². The number of aromatic nitrogens is 1. The van der Waals surface area contributed by atoms with E-state index in [1.54, 1.807) is 0 Å². The zero-order valence-corrected chi connectivity index (χ0v) is 14.2. The van der Waals surface area contributed by atoms with Crippen molar-refractivity contribution in [3.63, 3.8) is 0 Å². The zero-order valence-electron chi connectivity index (χ0n) is 10.3. The van der Waals surface area contributed by atoms with Crippen molar-refractivity contribution in [2.75, 3.05) is 0 Å². The molecular formula is C15H10Br2ClNO. The molecular weight excluding hydrogens is 405 g/mol. The van der Waals surface area contributed by atoms with E-state index >= 15 is 0 Å². The van der Waals surface area contributed by atoms with Gasteiger partial charge in [0, 0.05) is 20.7 Å². The molecule has 0 aliphatic heterocycles. The minimum absolute atomic E-state index is 0.0561. The Balaban J connectivity index is 1.88. The maximum Gasteiger partial charge on any atom is 0.196 e. The van der Waals surface area contributed by atoms with E-state index in [1.807, 2.05) is 42.5 Å². The molecule has 5 heteroatoms. The van der Waals surface area contributed by atoms with E-state index in [9.17, 15) is 0 Å². The normalized spacial score (nSPS) is 12.8. The van der Waals surface area contributed by atoms with Crippen molar-refractivity contribution in [3.05, 3.63) is 63.4 Å². The lowest BCUT2D eigenvalue weighted by Gasteiger charge is -2.10. The molecule has 102 valence electrons. The fourth-order valence-corrected chi connectivity index (χ4v) is 3.44. The third kappa shape index (κ3) is 2.92. The van der Waals surface area contributed by atoms with Crippen LogP contribution in [-0.4, -0.2) is 4.98 Å². The van der Waals surface area contributed by atoms with Gasteiger partial charge in [-0.1, -0.05) is 55.6 Å². The Morgan fingerprint density at radius 1 is 1.20 bits per heavy atom. The number of alkyl halides is 1. The second-order valence-electron chi connectivity index (χ2n) is 4.41. The molecule has 0 aliphatic rings. The fourth-order valence-electron chi connectivity index (χ4n) is 2.03. The first-order chi connectivity index (χ1) is 9.63. The molecule has 0 saturated heterocycles. The Morgan fingerprint density at radius 2 is 2.00 bits per heavy atom. The highest BCUT2D eigenvalue weighted by Gasteiger charge is 2.16. The number of rotatable bonds is 3. The summed E-state index contributed by atoms with van der Waals surface area (Å²) in [4.78, 5) is 4.53. The lowest BCUT2D eigenvalue weighted by Crippen LogP contribution is -1.96. The predicted molar refractivity (Wildman–Crippen MR) is 88.5 cm³/mol. The fraction of sp³-hybridized carbons (Fsp3) is 0.133. The van der Waals surface area contributed by atoms with Crippen molar-refractivity contribution in [3.8, 4) is 0 Å². The van der Waals surface area contributed by atoms with Gasteiger partial charge in [0.25, 0.3) is 0 Å². The first-order valence-electron chi connectivity index (χ1n) is 6.07. The van der Waals surface area contributed by atoms with Gasteiger partial charge in [-0.3, -0.25) is 0 Å². The molecule has 1 aromatic heterocycles. The lowest BCUT2D eigenvalue weighted by atomic mass is 10.1. The highest BCUT2D eigenvalue weighted by atomic mass is 79.9. The van der Waals surface area contributed by atoms with Crippen molar-refractivity contribution in [1.82, 2.24) is 4.98 Å². The van der Waals surface area contributed by atoms with E-state index < -0.39 is 0 Å². The number of fused-ring (bicyclic) bond motifs is 1. The summed E-state index contributed by atoms with van der Waals surface area (Å²) in [6, 6.07) is 13.6. The van der Waals surface area contributed by atoms with E-state index in [0.717, 1.165) is 26.2 Å². The molecule has 0 bridgehead atoms. The van der Waals surface area contributed by atoms with Gasteiger partial charge >= 0.3 is 0 Å². The number of nitrogens with zero attached hydrogens (tertiary/aromatic N) is 1. The topological polar surface area (TPSA) is 26.0 Å². The molecule has 1 heterocycles. The molecule has 0 amide bonds. The first kappa shape index (κ1) is 14.1. The molecule has 0 fully saturated rings. The Morgan fingerprint density at radius 3 is 2.80 bits per heavy atom. The predicted octanol–water partition coefficient (Wildman–Crippen LogP) is 5.92. The quantitative estimate of drug-likeness (QED) is 0.496. The van der Waals surface area contributed by atoms with Crippen molar-refractivity contribution >= 4 is 54.6 Å². The summed E-state index contributed by atoms with van der Waals surface area (Å²) in [5.74, 6) is 0.698. The Bertz CT molecular complexity index is 723. The Kier molecular flexibility index (Phi) is 4.15. The van der Waals surface area contributed by atoms with Crippen molar-refractivity contribution < 1.29 is 4.42 Å². The van der Waals surface area contributed by atoms with Crippen LogP contribution >= 0.6 is 43.5 Å². The molecule has 3 rings (SSSR count). The second-order valence-corrected chi connectivity index (χ2v) is 6.84. The van der Waals surface area contributed by atoms with Crippen LogP contribution in [0.5, 0.6) is 0 Å². The van der Waals surface area contributed by atoms with Gasteiger partial charge in [-0.15, -0.1) is 0 Å². The van der Waals surface area contributed by atoms with Crippen LogP contribution in [0, 0.1) is 0 Å². The van der Waals surface area contributed by atoms with E-state index in [2.05, 4.69) is 36.8 Å². The maximum absolute atomic E-state index is 6.23. The summed E-state index contributed by atoms with van der Waals surface area (Å²) in [5, 5.41) is 0.728. The van der Waals surface area contributed by atoms with Gasteiger partial charge in [-0.25, -0.2) is 4.98 Å². The Hall–Kier alpha value is -0.840. The summed E-state index contributed by atoms with van der Waals surface area (Å²) in [6.45, 7) is 0. The largest absolute Gasteiger partial charge is 0.441 e. The average molecular weight is 416 g/mol. The molecule has 20 heavy (non-hydrogen) atoms. The highest BCUT2D eigenvalue weighted by molar-refractivity contribution is 9.10. The van der Waals surface area contributed by atoms with Gasteiger partial charge in [0.15, 0.2) is 11.5 Å². The Labute approximate surface area is 138 Å². The third-order valence-corrected chi connectivity index (χ3v) is 4.64. The third-order valence-electron chi connectivity index (χ3n) is 2.99. The zero-order chi connectivity index (χ0) is 14.1. The molecule has 0 radical (unpaired) electrons. The van der Waals surface area contributed by atoms with Gasteiger partial charge < -0.3 is 4.42 Å². The summed E-state index contributed by atoms with van der Waals surface area (Å²) in [7, 11) is 0. The van der Waals surface area contributed by atoms with E-state index in [-0.39, 0.29) is 4.83 Å². The molecule has 0 aliphatic carbocycles. The molecule has 2 aromatic carbocycles. The van der Waals surface area contributed by atoms with Crippen LogP contribution in [-0.2, 0) is 6.42 Å². The van der Waals surface area contributed by atoms with Crippen molar-refractivity contribution in [2.45, 2.75) is 11.2 Å². The summed E-state index contributed by atoms with van der Waals surface area (Å²) >= 11 is 13.4. The van der Waals surface area contributed by atoms with E-state index in [1.165, 1.54) is 0 Å². The molecule has 0 saturated carbocycles. The minimum atomic E-state index is 0.0561. The smallest absolute Gasteiger partial charge is 0.196 e. The summed E-state index contributed by atoms with van der Waals surface area (Å²) in [5.41, 5.74) is 2.70. The van der Waals surface area contributed by atoms with Crippen LogP contribution in [0.2, 0.25) is 5.02 Å². The first-order valence-corrected chi connectivity index (χ1v) is 8.15. The van der Waals surface area contributed by atoms with E-state index in [4.69, 9.17) is 16.0 Å². The van der Waals surface area contributed by atoms with Gasteiger partial charge in [0.1, 0.15) is 5.52 Å². The van der Waals surface area contributed by atoms with Gasteiger partial charge in [-0.05, 0) is 35.9 Å². The molecule has 3 aromatic rings. The number of halogens is 3. The second kappa shape index (κ2) is 5.88.